The number of rotatable bonds is 8. The average molecular weight is 890 g/mol. The van der Waals surface area contributed by atoms with Crippen molar-refractivity contribution in [2.45, 2.75) is 0 Å². The van der Waals surface area contributed by atoms with Gasteiger partial charge in [-0.3, -0.25) is 0 Å². The normalized spacial score (nSPS) is 12.6. The molecule has 0 fully saturated rings. The van der Waals surface area contributed by atoms with Crippen molar-refractivity contribution in [3.05, 3.63) is 243 Å². The zero-order chi connectivity index (χ0) is 49.3. The Hall–Kier alpha value is -8.77. The maximum Gasteiger partial charge on any atom is 0.164 e. The van der Waals surface area contributed by atoms with Crippen LogP contribution in [0.4, 0.5) is 0 Å². The van der Waals surface area contributed by atoms with E-state index in [2.05, 4.69) is 167 Å². The van der Waals surface area contributed by atoms with Crippen LogP contribution in [0, 0.1) is 0 Å². The Morgan fingerprint density at radius 3 is 1.59 bits per heavy atom. The van der Waals surface area contributed by atoms with Gasteiger partial charge in [0.2, 0.25) is 0 Å². The molecule has 3 heterocycles. The highest BCUT2D eigenvalue weighted by molar-refractivity contribution is 7.26. The lowest BCUT2D eigenvalue weighted by Gasteiger charge is -2.14. The number of thiophene rings is 1. The molecule has 0 atom stereocenters. The monoisotopic (exact) mass is 889 g/mol. The van der Waals surface area contributed by atoms with Gasteiger partial charge in [-0.05, 0) is 69.3 Å². The lowest BCUT2D eigenvalue weighted by molar-refractivity contribution is 1.07. The molecule has 0 saturated carbocycles. The first kappa shape index (κ1) is 34.6. The van der Waals surface area contributed by atoms with Gasteiger partial charge in [0, 0.05) is 58.9 Å². The fraction of sp³-hybridized carbons (Fsp3) is 0. The van der Waals surface area contributed by atoms with Crippen LogP contribution < -0.4 is 0 Å². The molecule has 5 heteroatoms. The van der Waals surface area contributed by atoms with Crippen molar-refractivity contribution in [3.8, 4) is 84.4 Å². The molecular weight excluding hydrogens is 845 g/mol. The number of fused-ring (bicyclic) bond motifs is 6. The van der Waals surface area contributed by atoms with Crippen molar-refractivity contribution in [2.24, 2.45) is 0 Å². The molecule has 0 spiro atoms. The van der Waals surface area contributed by atoms with Gasteiger partial charge in [-0.25, -0.2) is 15.0 Å². The number of hydrogen-bond acceptors (Lipinski definition) is 4. The molecule has 0 unspecified atom stereocenters. The predicted molar refractivity (Wildman–Crippen MR) is 285 cm³/mol. The van der Waals surface area contributed by atoms with Crippen molar-refractivity contribution in [1.82, 2.24) is 19.5 Å². The van der Waals surface area contributed by atoms with E-state index in [-0.39, 0.29) is 23.5 Å². The zero-order valence-corrected chi connectivity index (χ0v) is 37.2. The molecule has 68 heavy (non-hydrogen) atoms. The van der Waals surface area contributed by atoms with Gasteiger partial charge < -0.3 is 4.57 Å². The summed E-state index contributed by atoms with van der Waals surface area (Å²) >= 11 is 1.84. The summed E-state index contributed by atoms with van der Waals surface area (Å²) in [5, 5.41) is 4.80. The highest BCUT2D eigenvalue weighted by Crippen LogP contribution is 2.47. The first-order chi connectivity index (χ1) is 35.8. The molecule has 13 rings (SSSR count). The van der Waals surface area contributed by atoms with Crippen molar-refractivity contribution in [2.75, 3.05) is 0 Å². The zero-order valence-electron chi connectivity index (χ0n) is 41.4. The average Bonchev–Trinajstić information content (AvgIpc) is 4.00. The Morgan fingerprint density at radius 1 is 0.324 bits per heavy atom. The third kappa shape index (κ3) is 6.96. The van der Waals surface area contributed by atoms with Crippen LogP contribution >= 0.6 is 11.3 Å². The summed E-state index contributed by atoms with van der Waals surface area (Å²) in [7, 11) is 0. The Bertz CT molecular complexity index is 4280. The van der Waals surface area contributed by atoms with Gasteiger partial charge in [0.1, 0.15) is 0 Å². The van der Waals surface area contributed by atoms with E-state index in [9.17, 15) is 0 Å². The second-order valence-electron chi connectivity index (χ2n) is 16.8. The minimum absolute atomic E-state index is 0.000782. The number of para-hydroxylation sites is 1. The lowest BCUT2D eigenvalue weighted by atomic mass is 9.96. The Balaban J connectivity index is 0.970. The molecule has 13 aromatic rings. The van der Waals surface area contributed by atoms with Gasteiger partial charge in [0.25, 0.3) is 0 Å². The largest absolute Gasteiger partial charge is 0.309 e. The SMILES string of the molecule is [2H]c1c([2H])c([2H])c(-c2nc(-c3ccccc3)nc(-c3ccc(-c4cccc(-c5cc(-n6c7ccccc7c7ccc(-c8ccccc8)cc76)cc6c5sc5c(-c7ccccc7)cccc56)c4)cc3)n2)c([2H])c1[2H]. The van der Waals surface area contributed by atoms with Gasteiger partial charge in [-0.15, -0.1) is 11.3 Å². The fourth-order valence-electron chi connectivity index (χ4n) is 9.51. The van der Waals surface area contributed by atoms with Crippen molar-refractivity contribution in [3.63, 3.8) is 0 Å². The van der Waals surface area contributed by atoms with E-state index in [0.29, 0.717) is 22.8 Å². The van der Waals surface area contributed by atoms with E-state index >= 15 is 0 Å². The second kappa shape index (κ2) is 16.6. The molecule has 318 valence electrons. The van der Waals surface area contributed by atoms with Crippen LogP contribution in [0.25, 0.3) is 126 Å². The van der Waals surface area contributed by atoms with E-state index in [0.717, 1.165) is 44.5 Å². The summed E-state index contributed by atoms with van der Waals surface area (Å²) in [4.78, 5) is 14.3. The summed E-state index contributed by atoms with van der Waals surface area (Å²) in [6, 6.07) is 72.1. The van der Waals surface area contributed by atoms with Crippen molar-refractivity contribution in [1.29, 1.82) is 0 Å². The molecule has 4 nitrogen and oxygen atoms in total. The van der Waals surface area contributed by atoms with Crippen molar-refractivity contribution < 1.29 is 6.85 Å². The lowest BCUT2D eigenvalue weighted by Crippen LogP contribution is -2.00. The Labute approximate surface area is 404 Å². The smallest absolute Gasteiger partial charge is 0.164 e. The first-order valence-electron chi connectivity index (χ1n) is 25.0. The number of aromatic nitrogens is 4. The van der Waals surface area contributed by atoms with Gasteiger partial charge in [-0.2, -0.15) is 0 Å². The van der Waals surface area contributed by atoms with E-state index in [1.54, 1.807) is 0 Å². The Morgan fingerprint density at radius 2 is 0.838 bits per heavy atom. The molecule has 0 saturated heterocycles. The minimum atomic E-state index is -0.477. The molecule has 0 aliphatic rings. The van der Waals surface area contributed by atoms with Crippen LogP contribution in [0.1, 0.15) is 6.85 Å². The maximum atomic E-state index is 8.72. The van der Waals surface area contributed by atoms with E-state index in [1.165, 1.54) is 47.6 Å². The summed E-state index contributed by atoms with van der Waals surface area (Å²) in [5.74, 6) is 0.643. The van der Waals surface area contributed by atoms with Crippen LogP contribution in [0.5, 0.6) is 0 Å². The highest BCUT2D eigenvalue weighted by Gasteiger charge is 2.20. The third-order valence-corrected chi connectivity index (χ3v) is 14.0. The number of nitrogens with zero attached hydrogens (tertiary/aromatic N) is 4. The molecular formula is C63H40N4S. The van der Waals surface area contributed by atoms with Gasteiger partial charge in [0.15, 0.2) is 17.5 Å². The van der Waals surface area contributed by atoms with E-state index < -0.39 is 18.1 Å². The predicted octanol–water partition coefficient (Wildman–Crippen LogP) is 17.0. The second-order valence-corrected chi connectivity index (χ2v) is 17.8. The minimum Gasteiger partial charge on any atom is -0.309 e. The summed E-state index contributed by atoms with van der Waals surface area (Å²) in [6.45, 7) is 0. The summed E-state index contributed by atoms with van der Waals surface area (Å²) in [6.07, 6.45) is 0. The molecule has 0 bridgehead atoms. The maximum absolute atomic E-state index is 8.72. The van der Waals surface area contributed by atoms with Crippen LogP contribution in [0.3, 0.4) is 0 Å². The van der Waals surface area contributed by atoms with E-state index in [4.69, 9.17) is 16.8 Å². The third-order valence-electron chi connectivity index (χ3n) is 12.7. The molecule has 0 aliphatic heterocycles. The number of benzene rings is 10. The highest BCUT2D eigenvalue weighted by atomic mass is 32.1. The van der Waals surface area contributed by atoms with Crippen LogP contribution in [0.2, 0.25) is 0 Å². The molecule has 3 aromatic heterocycles. The standard InChI is InChI=1S/C63H40N4S/c1-5-17-41(18-6-1)48-35-36-53-52-27-13-14-30-57(52)67(58(53)38-48)50-39-55(60-56(40-50)54-29-16-28-51(59(54)68-60)43-19-7-2-8-20-43)49-26-15-25-47(37-49)42-31-33-46(34-32-42)63-65-61(44-21-9-3-10-22-44)64-62(66-63)45-23-11-4-12-24-45/h1-40H/i3D,9D,10D,21D,22D. The topological polar surface area (TPSA) is 43.6 Å². The molecule has 0 N–H and O–H groups in total. The molecule has 0 radical (unpaired) electrons. The van der Waals surface area contributed by atoms with Crippen LogP contribution in [-0.2, 0) is 0 Å². The van der Waals surface area contributed by atoms with Gasteiger partial charge in [-0.1, -0.05) is 212 Å². The van der Waals surface area contributed by atoms with Gasteiger partial charge >= 0.3 is 0 Å². The van der Waals surface area contributed by atoms with E-state index in [1.807, 2.05) is 65.9 Å². The van der Waals surface area contributed by atoms with Crippen LogP contribution in [-0.4, -0.2) is 19.5 Å². The molecule has 10 aromatic carbocycles. The quantitative estimate of drug-likeness (QED) is 0.153. The first-order valence-corrected chi connectivity index (χ1v) is 23.3. The molecule has 0 aliphatic carbocycles. The Kier molecular flexibility index (Phi) is 8.43. The number of hydrogen-bond donors (Lipinski definition) is 0. The summed E-state index contributed by atoms with van der Waals surface area (Å²) < 4.78 is 47.2. The summed E-state index contributed by atoms with van der Waals surface area (Å²) in [5.41, 5.74) is 13.6. The molecule has 0 amide bonds. The van der Waals surface area contributed by atoms with Crippen LogP contribution in [0.15, 0.2) is 243 Å². The van der Waals surface area contributed by atoms with Gasteiger partial charge in [0.05, 0.1) is 17.9 Å². The van der Waals surface area contributed by atoms with Crippen molar-refractivity contribution >= 4 is 53.3 Å². The fourth-order valence-corrected chi connectivity index (χ4v) is 10.9.